The second-order valence-corrected chi connectivity index (χ2v) is 22.7. The van der Waals surface area contributed by atoms with Crippen molar-refractivity contribution in [3.63, 3.8) is 0 Å². The molecular formula is C31H56O5S2Si. The summed E-state index contributed by atoms with van der Waals surface area (Å²) in [4.78, 5) is 12.7. The molecule has 8 atom stereocenters. The van der Waals surface area contributed by atoms with Gasteiger partial charge in [0.05, 0.1) is 29.0 Å². The molecular weight excluding hydrogens is 545 g/mol. The van der Waals surface area contributed by atoms with Gasteiger partial charge in [-0.2, -0.15) is 0 Å². The minimum atomic E-state index is -2.23. The monoisotopic (exact) mass is 600 g/mol. The molecule has 0 unspecified atom stereocenters. The zero-order valence-electron chi connectivity index (χ0n) is 25.9. The van der Waals surface area contributed by atoms with Gasteiger partial charge < -0.3 is 19.4 Å². The average Bonchev–Trinajstić information content (AvgIpc) is 3.16. The topological polar surface area (TPSA) is 76.0 Å². The van der Waals surface area contributed by atoms with Crippen LogP contribution in [0.5, 0.6) is 0 Å². The number of aliphatic hydroxyl groups is 2. The van der Waals surface area contributed by atoms with Crippen molar-refractivity contribution in [2.24, 2.45) is 28.6 Å². The Morgan fingerprint density at radius 2 is 1.74 bits per heavy atom. The lowest BCUT2D eigenvalue weighted by molar-refractivity contribution is -0.240. The predicted molar refractivity (Wildman–Crippen MR) is 167 cm³/mol. The van der Waals surface area contributed by atoms with Gasteiger partial charge in [-0.1, -0.05) is 34.6 Å². The lowest BCUT2D eigenvalue weighted by Crippen LogP contribution is -2.69. The fourth-order valence-electron chi connectivity index (χ4n) is 8.49. The van der Waals surface area contributed by atoms with Crippen molar-refractivity contribution in [1.82, 2.24) is 0 Å². The highest BCUT2D eigenvalue weighted by molar-refractivity contribution is 8.17. The molecule has 39 heavy (non-hydrogen) atoms. The van der Waals surface area contributed by atoms with Crippen LogP contribution in [0.25, 0.3) is 0 Å². The van der Waals surface area contributed by atoms with E-state index in [0.29, 0.717) is 35.4 Å². The third kappa shape index (κ3) is 5.91. The molecule has 0 amide bonds. The molecule has 4 fully saturated rings. The molecule has 226 valence electrons. The van der Waals surface area contributed by atoms with E-state index in [1.54, 1.807) is 0 Å². The van der Waals surface area contributed by atoms with E-state index in [2.05, 4.69) is 71.2 Å². The lowest BCUT2D eigenvalue weighted by atomic mass is 9.44. The number of esters is 1. The summed E-state index contributed by atoms with van der Waals surface area (Å²) in [6, 6.07) is 0. The molecule has 4 aliphatic rings. The molecule has 0 aromatic carbocycles. The van der Waals surface area contributed by atoms with Gasteiger partial charge in [-0.3, -0.25) is 4.79 Å². The first kappa shape index (κ1) is 32.2. The fraction of sp³-hybridized carbons (Fsp3) is 0.968. The standard InChI is InChI=1S/C31H56O5S2Si/c1-9-35-26(33)14-16-31(34)25(36-39(7,8)28(2,3)4)19-21-22-11-12-24(32)29(22,5)15-13-23(21)30(31,6)20-27-37-17-10-18-38-27/h21-25,27,32,34H,9-20H2,1-8H3/t21-,22-,23-,24-,25+,29-,30+,31-/m0/s1. The molecule has 5 nitrogen and oxygen atoms in total. The van der Waals surface area contributed by atoms with Gasteiger partial charge in [0.25, 0.3) is 0 Å². The number of thioether (sulfide) groups is 2. The van der Waals surface area contributed by atoms with Crippen LogP contribution in [0, 0.1) is 28.6 Å². The molecule has 1 heterocycles. The van der Waals surface area contributed by atoms with Gasteiger partial charge in [-0.15, -0.1) is 23.5 Å². The summed E-state index contributed by atoms with van der Waals surface area (Å²) in [6.07, 6.45) is 7.06. The second-order valence-electron chi connectivity index (χ2n) is 15.0. The summed E-state index contributed by atoms with van der Waals surface area (Å²) in [5.41, 5.74) is -1.54. The first-order chi connectivity index (χ1) is 18.1. The van der Waals surface area contributed by atoms with Crippen LogP contribution < -0.4 is 0 Å². The number of ether oxygens (including phenoxy) is 1. The van der Waals surface area contributed by atoms with Gasteiger partial charge in [-0.25, -0.2) is 0 Å². The maximum absolute atomic E-state index is 13.1. The molecule has 8 heteroatoms. The van der Waals surface area contributed by atoms with Crippen LogP contribution in [-0.4, -0.2) is 65.0 Å². The van der Waals surface area contributed by atoms with E-state index < -0.39 is 13.9 Å². The number of hydrogen-bond donors (Lipinski definition) is 2. The SMILES string of the molecule is CCOC(=O)CC[C@]1(O)[C@H](O[Si](C)(C)C(C)(C)C)C[C@H]2[C@@H]3CC[C@H](O)[C@@]3(C)CC[C@@H]2[C@@]1(C)CC1SCCCS1. The Morgan fingerprint density at radius 3 is 2.36 bits per heavy atom. The van der Waals surface area contributed by atoms with Crippen LogP contribution in [0.15, 0.2) is 0 Å². The van der Waals surface area contributed by atoms with Gasteiger partial charge in [0, 0.05) is 11.8 Å². The van der Waals surface area contributed by atoms with Gasteiger partial charge in [0.1, 0.15) is 0 Å². The van der Waals surface area contributed by atoms with Crippen molar-refractivity contribution in [1.29, 1.82) is 0 Å². The Balaban J connectivity index is 1.78. The van der Waals surface area contributed by atoms with Crippen LogP contribution in [0.3, 0.4) is 0 Å². The van der Waals surface area contributed by atoms with Crippen molar-refractivity contribution in [3.8, 4) is 0 Å². The number of carbonyl (C=O) groups is 1. The zero-order chi connectivity index (χ0) is 28.9. The van der Waals surface area contributed by atoms with Crippen LogP contribution in [0.4, 0.5) is 0 Å². The van der Waals surface area contributed by atoms with Crippen LogP contribution in [-0.2, 0) is 14.0 Å². The molecule has 0 bridgehead atoms. The summed E-state index contributed by atoms with van der Waals surface area (Å²) in [7, 11) is -2.23. The van der Waals surface area contributed by atoms with E-state index in [1.165, 1.54) is 17.9 Å². The molecule has 2 N–H and O–H groups in total. The van der Waals surface area contributed by atoms with Gasteiger partial charge >= 0.3 is 5.97 Å². The number of rotatable bonds is 8. The smallest absolute Gasteiger partial charge is 0.305 e. The largest absolute Gasteiger partial charge is 0.466 e. The van der Waals surface area contributed by atoms with Crippen molar-refractivity contribution in [2.45, 2.75) is 140 Å². The summed E-state index contributed by atoms with van der Waals surface area (Å²) in [5, 5.41) is 24.3. The average molecular weight is 601 g/mol. The van der Waals surface area contributed by atoms with E-state index in [4.69, 9.17) is 9.16 Å². The van der Waals surface area contributed by atoms with Crippen LogP contribution >= 0.6 is 23.5 Å². The molecule has 0 aromatic heterocycles. The number of hydrogen-bond acceptors (Lipinski definition) is 7. The summed E-state index contributed by atoms with van der Waals surface area (Å²) in [6.45, 7) is 18.3. The summed E-state index contributed by atoms with van der Waals surface area (Å²) >= 11 is 4.11. The van der Waals surface area contributed by atoms with Crippen molar-refractivity contribution < 1.29 is 24.2 Å². The van der Waals surface area contributed by atoms with E-state index >= 15 is 0 Å². The van der Waals surface area contributed by atoms with Crippen molar-refractivity contribution >= 4 is 37.8 Å². The molecule has 1 aliphatic heterocycles. The molecule has 3 saturated carbocycles. The van der Waals surface area contributed by atoms with Crippen LogP contribution in [0.1, 0.15) is 99.3 Å². The van der Waals surface area contributed by atoms with Gasteiger partial charge in [-0.05, 0) is 111 Å². The molecule has 4 rings (SSSR count). The third-order valence-electron chi connectivity index (χ3n) is 12.0. The Labute approximate surface area is 247 Å². The molecule has 0 radical (unpaired) electrons. The Bertz CT molecular complexity index is 874. The highest BCUT2D eigenvalue weighted by Gasteiger charge is 2.67. The van der Waals surface area contributed by atoms with Crippen molar-refractivity contribution in [2.75, 3.05) is 18.1 Å². The van der Waals surface area contributed by atoms with Crippen LogP contribution in [0.2, 0.25) is 18.1 Å². The Kier molecular flexibility index (Phi) is 9.69. The quantitative estimate of drug-likeness (QED) is 0.224. The first-order valence-corrected chi connectivity index (χ1v) is 20.6. The maximum Gasteiger partial charge on any atom is 0.305 e. The predicted octanol–water partition coefficient (Wildman–Crippen LogP) is 7.25. The zero-order valence-corrected chi connectivity index (χ0v) is 28.5. The molecule has 3 aliphatic carbocycles. The van der Waals surface area contributed by atoms with E-state index in [-0.39, 0.29) is 40.5 Å². The highest BCUT2D eigenvalue weighted by Crippen LogP contribution is 2.67. The first-order valence-electron chi connectivity index (χ1n) is 15.6. The molecule has 0 spiro atoms. The highest BCUT2D eigenvalue weighted by atomic mass is 32.2. The minimum Gasteiger partial charge on any atom is -0.466 e. The van der Waals surface area contributed by atoms with E-state index in [0.717, 1.165) is 38.5 Å². The maximum atomic E-state index is 13.1. The number of fused-ring (bicyclic) bond motifs is 3. The number of aliphatic hydroxyl groups excluding tert-OH is 1. The summed E-state index contributed by atoms with van der Waals surface area (Å²) in [5.74, 6) is 3.37. The second kappa shape index (κ2) is 11.7. The Morgan fingerprint density at radius 1 is 1.08 bits per heavy atom. The minimum absolute atomic E-state index is 0.0159. The summed E-state index contributed by atoms with van der Waals surface area (Å²) < 4.78 is 13.1. The molecule has 0 aromatic rings. The van der Waals surface area contributed by atoms with E-state index in [9.17, 15) is 15.0 Å². The van der Waals surface area contributed by atoms with Gasteiger partial charge in [0.2, 0.25) is 0 Å². The lowest BCUT2D eigenvalue weighted by Gasteiger charge is -2.65. The van der Waals surface area contributed by atoms with Gasteiger partial charge in [0.15, 0.2) is 8.32 Å². The normalized spacial score (nSPS) is 41.6. The Hall–Kier alpha value is 0.267. The van der Waals surface area contributed by atoms with Crippen molar-refractivity contribution in [3.05, 3.63) is 0 Å². The molecule has 1 saturated heterocycles. The number of carbonyl (C=O) groups excluding carboxylic acids is 1. The fourth-order valence-corrected chi connectivity index (χ4v) is 13.1. The van der Waals surface area contributed by atoms with E-state index in [1.807, 2.05) is 6.92 Å². The third-order valence-corrected chi connectivity index (χ3v) is 19.4.